The third-order valence-electron chi connectivity index (χ3n) is 3.63. The van der Waals surface area contributed by atoms with Gasteiger partial charge in [-0.25, -0.2) is 0 Å². The molecule has 1 aromatic carbocycles. The predicted octanol–water partition coefficient (Wildman–Crippen LogP) is 3.24. The van der Waals surface area contributed by atoms with E-state index >= 15 is 0 Å². The van der Waals surface area contributed by atoms with Crippen LogP contribution in [-0.4, -0.2) is 11.9 Å². The molecule has 2 nitrogen and oxygen atoms in total. The summed E-state index contributed by atoms with van der Waals surface area (Å²) in [4.78, 5) is 12.2. The second-order valence-electron chi connectivity index (χ2n) is 4.86. The van der Waals surface area contributed by atoms with Gasteiger partial charge in [-0.2, -0.15) is 0 Å². The monoisotopic (exact) mass is 231 g/mol. The second kappa shape index (κ2) is 5.85. The molecule has 1 atom stereocenters. The van der Waals surface area contributed by atoms with Gasteiger partial charge in [0, 0.05) is 6.04 Å². The van der Waals surface area contributed by atoms with Crippen LogP contribution < -0.4 is 5.32 Å². The van der Waals surface area contributed by atoms with E-state index in [0.717, 1.165) is 24.8 Å². The Labute approximate surface area is 103 Å². The normalized spacial score (nSPS) is 17.9. The summed E-state index contributed by atoms with van der Waals surface area (Å²) in [6, 6.07) is 10.5. The van der Waals surface area contributed by atoms with E-state index in [1.54, 1.807) is 0 Å². The predicted molar refractivity (Wildman–Crippen MR) is 69.9 cm³/mol. The summed E-state index contributed by atoms with van der Waals surface area (Å²) in [5.74, 6) is 0.211. The minimum absolute atomic E-state index is 0.0109. The zero-order valence-corrected chi connectivity index (χ0v) is 10.5. The van der Waals surface area contributed by atoms with E-state index in [0.29, 0.717) is 6.04 Å². The van der Waals surface area contributed by atoms with Crippen molar-refractivity contribution in [2.45, 2.75) is 51.0 Å². The molecule has 92 valence electrons. The van der Waals surface area contributed by atoms with Gasteiger partial charge >= 0.3 is 0 Å². The van der Waals surface area contributed by atoms with Crippen LogP contribution in [0.5, 0.6) is 0 Å². The van der Waals surface area contributed by atoms with Crippen molar-refractivity contribution in [1.82, 2.24) is 5.32 Å². The van der Waals surface area contributed by atoms with Crippen molar-refractivity contribution in [3.63, 3.8) is 0 Å². The molecule has 0 heterocycles. The van der Waals surface area contributed by atoms with Crippen LogP contribution >= 0.6 is 0 Å². The van der Waals surface area contributed by atoms with Crippen LogP contribution in [0.15, 0.2) is 30.3 Å². The minimum atomic E-state index is 0.0109. The Morgan fingerprint density at radius 1 is 1.29 bits per heavy atom. The van der Waals surface area contributed by atoms with E-state index in [9.17, 15) is 4.79 Å². The van der Waals surface area contributed by atoms with Gasteiger partial charge in [-0.15, -0.1) is 0 Å². The molecule has 0 aliphatic heterocycles. The number of benzene rings is 1. The highest BCUT2D eigenvalue weighted by Crippen LogP contribution is 2.22. The van der Waals surface area contributed by atoms with Crippen molar-refractivity contribution in [2.75, 3.05) is 0 Å². The highest BCUT2D eigenvalue weighted by atomic mass is 16.1. The molecule has 1 amide bonds. The fourth-order valence-electron chi connectivity index (χ4n) is 2.63. The van der Waals surface area contributed by atoms with Crippen LogP contribution in [-0.2, 0) is 4.79 Å². The molecular formula is C15H21NO. The van der Waals surface area contributed by atoms with Crippen molar-refractivity contribution in [1.29, 1.82) is 0 Å². The summed E-state index contributed by atoms with van der Waals surface area (Å²) in [5, 5.41) is 3.19. The SMILES string of the molecule is CC[C@H](C(=O)NC1CCCC1)c1ccccc1. The summed E-state index contributed by atoms with van der Waals surface area (Å²) in [6.45, 7) is 2.08. The van der Waals surface area contributed by atoms with Gasteiger partial charge in [-0.1, -0.05) is 50.1 Å². The third kappa shape index (κ3) is 3.09. The van der Waals surface area contributed by atoms with Crippen LogP contribution in [0.25, 0.3) is 0 Å². The molecule has 1 aliphatic carbocycles. The van der Waals surface area contributed by atoms with E-state index < -0.39 is 0 Å². The summed E-state index contributed by atoms with van der Waals surface area (Å²) in [5.41, 5.74) is 1.13. The molecule has 1 saturated carbocycles. The number of hydrogen-bond acceptors (Lipinski definition) is 1. The Balaban J connectivity index is 2.00. The number of carbonyl (C=O) groups excluding carboxylic acids is 1. The summed E-state index contributed by atoms with van der Waals surface area (Å²) >= 11 is 0. The lowest BCUT2D eigenvalue weighted by atomic mass is 9.95. The van der Waals surface area contributed by atoms with Crippen LogP contribution in [0.4, 0.5) is 0 Å². The Hall–Kier alpha value is -1.31. The fraction of sp³-hybridized carbons (Fsp3) is 0.533. The molecule has 0 saturated heterocycles. The van der Waals surface area contributed by atoms with Gasteiger partial charge in [-0.05, 0) is 24.8 Å². The lowest BCUT2D eigenvalue weighted by Crippen LogP contribution is -2.36. The zero-order valence-electron chi connectivity index (χ0n) is 10.5. The van der Waals surface area contributed by atoms with Gasteiger partial charge in [-0.3, -0.25) is 4.79 Å². The van der Waals surface area contributed by atoms with Gasteiger partial charge < -0.3 is 5.32 Å². The van der Waals surface area contributed by atoms with Crippen molar-refractivity contribution in [3.8, 4) is 0 Å². The molecule has 0 spiro atoms. The van der Waals surface area contributed by atoms with Gasteiger partial charge in [0.2, 0.25) is 5.91 Å². The van der Waals surface area contributed by atoms with Gasteiger partial charge in [0.15, 0.2) is 0 Å². The number of rotatable bonds is 4. The molecule has 1 aliphatic rings. The number of hydrogen-bond donors (Lipinski definition) is 1. The number of carbonyl (C=O) groups is 1. The van der Waals surface area contributed by atoms with E-state index in [1.165, 1.54) is 12.8 Å². The fourth-order valence-corrected chi connectivity index (χ4v) is 2.63. The molecular weight excluding hydrogens is 210 g/mol. The highest BCUT2D eigenvalue weighted by Gasteiger charge is 2.23. The second-order valence-corrected chi connectivity index (χ2v) is 4.86. The average Bonchev–Trinajstić information content (AvgIpc) is 2.84. The molecule has 17 heavy (non-hydrogen) atoms. The van der Waals surface area contributed by atoms with E-state index in [2.05, 4.69) is 12.2 Å². The number of amides is 1. The summed E-state index contributed by atoms with van der Waals surface area (Å²) in [7, 11) is 0. The van der Waals surface area contributed by atoms with Gasteiger partial charge in [0.25, 0.3) is 0 Å². The Morgan fingerprint density at radius 3 is 2.53 bits per heavy atom. The highest BCUT2D eigenvalue weighted by molar-refractivity contribution is 5.83. The molecule has 0 unspecified atom stereocenters. The van der Waals surface area contributed by atoms with E-state index in [-0.39, 0.29) is 11.8 Å². The van der Waals surface area contributed by atoms with E-state index in [1.807, 2.05) is 30.3 Å². The lowest BCUT2D eigenvalue weighted by Gasteiger charge is -2.18. The van der Waals surface area contributed by atoms with Crippen LogP contribution in [0, 0.1) is 0 Å². The Kier molecular flexibility index (Phi) is 4.18. The van der Waals surface area contributed by atoms with Crippen molar-refractivity contribution < 1.29 is 4.79 Å². The molecule has 2 heteroatoms. The molecule has 0 aromatic heterocycles. The zero-order chi connectivity index (χ0) is 12.1. The van der Waals surface area contributed by atoms with Crippen LogP contribution in [0.2, 0.25) is 0 Å². The summed E-state index contributed by atoms with van der Waals surface area (Å²) in [6.07, 6.45) is 5.68. The maximum Gasteiger partial charge on any atom is 0.227 e. The average molecular weight is 231 g/mol. The van der Waals surface area contributed by atoms with Gasteiger partial charge in [0.1, 0.15) is 0 Å². The first-order valence-corrected chi connectivity index (χ1v) is 6.66. The molecule has 0 radical (unpaired) electrons. The maximum atomic E-state index is 12.2. The molecule has 1 fully saturated rings. The summed E-state index contributed by atoms with van der Waals surface area (Å²) < 4.78 is 0. The third-order valence-corrected chi connectivity index (χ3v) is 3.63. The first-order chi connectivity index (χ1) is 8.31. The molecule has 1 N–H and O–H groups in total. The van der Waals surface area contributed by atoms with Crippen LogP contribution in [0.3, 0.4) is 0 Å². The van der Waals surface area contributed by atoms with Crippen LogP contribution in [0.1, 0.15) is 50.5 Å². The first-order valence-electron chi connectivity index (χ1n) is 6.66. The topological polar surface area (TPSA) is 29.1 Å². The van der Waals surface area contributed by atoms with Crippen molar-refractivity contribution in [3.05, 3.63) is 35.9 Å². The van der Waals surface area contributed by atoms with Crippen molar-refractivity contribution in [2.24, 2.45) is 0 Å². The molecule has 1 aromatic rings. The van der Waals surface area contributed by atoms with Crippen molar-refractivity contribution >= 4 is 5.91 Å². The Bertz CT molecular complexity index is 354. The van der Waals surface area contributed by atoms with Gasteiger partial charge in [0.05, 0.1) is 5.92 Å². The first kappa shape index (κ1) is 12.2. The maximum absolute atomic E-state index is 12.2. The standard InChI is InChI=1S/C15H21NO/c1-2-14(12-8-4-3-5-9-12)15(17)16-13-10-6-7-11-13/h3-5,8-9,13-14H,2,6-7,10-11H2,1H3,(H,16,17)/t14-/m0/s1. The smallest absolute Gasteiger partial charge is 0.227 e. The van der Waals surface area contributed by atoms with E-state index in [4.69, 9.17) is 0 Å². The quantitative estimate of drug-likeness (QED) is 0.846. The molecule has 2 rings (SSSR count). The Morgan fingerprint density at radius 2 is 1.94 bits per heavy atom. The minimum Gasteiger partial charge on any atom is -0.353 e. The number of nitrogens with one attached hydrogen (secondary N) is 1. The lowest BCUT2D eigenvalue weighted by molar-refractivity contribution is -0.123. The largest absolute Gasteiger partial charge is 0.353 e. The molecule has 0 bridgehead atoms.